The molecule has 1 fully saturated rings. The number of rotatable bonds is 3. The molecule has 0 aliphatic carbocycles. The Morgan fingerprint density at radius 1 is 1.37 bits per heavy atom. The number of nitrogens with zero attached hydrogens (tertiary/aromatic N) is 3. The topological polar surface area (TPSA) is 82.3 Å². The molecule has 1 saturated heterocycles. The third-order valence-electron chi connectivity index (χ3n) is 2.85. The maximum absolute atomic E-state index is 5.54. The molecule has 102 valence electrons. The molecule has 2 aromatic heterocycles. The van der Waals surface area contributed by atoms with Crippen LogP contribution in [0.15, 0.2) is 4.52 Å². The van der Waals surface area contributed by atoms with Crippen LogP contribution in [0.1, 0.15) is 17.6 Å². The molecule has 0 spiro atoms. The molecule has 1 aliphatic heterocycles. The Morgan fingerprint density at radius 3 is 3.00 bits per heavy atom. The summed E-state index contributed by atoms with van der Waals surface area (Å²) in [5.41, 5.74) is 1.72. The van der Waals surface area contributed by atoms with Gasteiger partial charge in [0.1, 0.15) is 11.1 Å². The molecule has 0 aromatic carbocycles. The molecule has 0 amide bonds. The van der Waals surface area contributed by atoms with Crippen LogP contribution in [0.2, 0.25) is 0 Å². The van der Waals surface area contributed by atoms with E-state index in [2.05, 4.69) is 19.8 Å². The van der Waals surface area contributed by atoms with Crippen molar-refractivity contribution in [2.24, 2.45) is 0 Å². The van der Waals surface area contributed by atoms with Crippen LogP contribution >= 0.6 is 11.5 Å². The van der Waals surface area contributed by atoms with Crippen molar-refractivity contribution in [3.8, 4) is 11.5 Å². The van der Waals surface area contributed by atoms with Crippen LogP contribution in [0.4, 0.5) is 5.00 Å². The first kappa shape index (κ1) is 12.5. The van der Waals surface area contributed by atoms with Crippen LogP contribution in [0.3, 0.4) is 0 Å². The summed E-state index contributed by atoms with van der Waals surface area (Å²) >= 11 is 1.37. The summed E-state index contributed by atoms with van der Waals surface area (Å²) < 4.78 is 20.5. The van der Waals surface area contributed by atoms with Crippen molar-refractivity contribution in [3.63, 3.8) is 0 Å². The lowest BCUT2D eigenvalue weighted by atomic mass is 10.2. The number of hydrogen-bond acceptors (Lipinski definition) is 8. The second-order valence-corrected chi connectivity index (χ2v) is 4.89. The first-order valence-corrected chi connectivity index (χ1v) is 6.74. The van der Waals surface area contributed by atoms with Gasteiger partial charge in [-0.15, -0.1) is 0 Å². The van der Waals surface area contributed by atoms with Crippen LogP contribution in [0.5, 0.6) is 0 Å². The minimum Gasteiger partial charge on any atom is -0.378 e. The van der Waals surface area contributed by atoms with Gasteiger partial charge in [-0.3, -0.25) is 0 Å². The van der Waals surface area contributed by atoms with E-state index in [4.69, 9.17) is 14.0 Å². The van der Waals surface area contributed by atoms with Crippen molar-refractivity contribution in [1.29, 1.82) is 0 Å². The molecular formula is C11H14N4O3S. The van der Waals surface area contributed by atoms with E-state index >= 15 is 0 Å². The van der Waals surface area contributed by atoms with Crippen molar-refractivity contribution in [1.82, 2.24) is 14.5 Å². The maximum atomic E-state index is 5.54. The van der Waals surface area contributed by atoms with Crippen LogP contribution in [0.25, 0.3) is 11.5 Å². The Balaban J connectivity index is 1.89. The standard InChI is InChI=1S/C11H14N4O3S/c1-6-8(11(12-2)19-15-6)10-13-9(14-18-10)7-5-16-3-4-17-7/h7,12H,3-5H2,1-2H3. The van der Waals surface area contributed by atoms with Gasteiger partial charge in [0.05, 0.1) is 31.1 Å². The zero-order valence-corrected chi connectivity index (χ0v) is 11.5. The van der Waals surface area contributed by atoms with E-state index in [1.807, 2.05) is 14.0 Å². The van der Waals surface area contributed by atoms with E-state index in [1.54, 1.807) is 0 Å². The summed E-state index contributed by atoms with van der Waals surface area (Å²) in [6, 6.07) is 0. The summed E-state index contributed by atoms with van der Waals surface area (Å²) in [7, 11) is 1.84. The molecule has 2 aromatic rings. The smallest absolute Gasteiger partial charge is 0.262 e. The van der Waals surface area contributed by atoms with Gasteiger partial charge in [0.25, 0.3) is 5.89 Å². The molecule has 1 unspecified atom stereocenters. The van der Waals surface area contributed by atoms with Gasteiger partial charge in [0.2, 0.25) is 5.82 Å². The second kappa shape index (κ2) is 5.24. The van der Waals surface area contributed by atoms with E-state index in [0.29, 0.717) is 31.5 Å². The van der Waals surface area contributed by atoms with Crippen LogP contribution in [-0.2, 0) is 9.47 Å². The van der Waals surface area contributed by atoms with Gasteiger partial charge < -0.3 is 19.3 Å². The molecule has 7 nitrogen and oxygen atoms in total. The fraction of sp³-hybridized carbons (Fsp3) is 0.545. The van der Waals surface area contributed by atoms with Crippen molar-refractivity contribution in [2.45, 2.75) is 13.0 Å². The fourth-order valence-corrected chi connectivity index (χ4v) is 2.63. The number of aromatic nitrogens is 3. The number of anilines is 1. The van der Waals surface area contributed by atoms with Crippen molar-refractivity contribution in [3.05, 3.63) is 11.5 Å². The monoisotopic (exact) mass is 282 g/mol. The molecule has 1 aliphatic rings. The lowest BCUT2D eigenvalue weighted by Crippen LogP contribution is -2.22. The average molecular weight is 282 g/mol. The molecule has 3 rings (SSSR count). The zero-order valence-electron chi connectivity index (χ0n) is 10.7. The van der Waals surface area contributed by atoms with Gasteiger partial charge in [-0.1, -0.05) is 5.16 Å². The highest BCUT2D eigenvalue weighted by Crippen LogP contribution is 2.34. The zero-order chi connectivity index (χ0) is 13.2. The van der Waals surface area contributed by atoms with Gasteiger partial charge in [-0.25, -0.2) is 0 Å². The lowest BCUT2D eigenvalue weighted by molar-refractivity contribution is -0.0941. The summed E-state index contributed by atoms with van der Waals surface area (Å²) in [6.45, 7) is 3.53. The molecule has 19 heavy (non-hydrogen) atoms. The summed E-state index contributed by atoms with van der Waals surface area (Å²) in [5, 5.41) is 7.96. The van der Waals surface area contributed by atoms with Gasteiger partial charge in [-0.05, 0) is 18.5 Å². The normalized spacial score (nSPS) is 19.6. The highest BCUT2D eigenvalue weighted by atomic mass is 32.1. The largest absolute Gasteiger partial charge is 0.378 e. The van der Waals surface area contributed by atoms with E-state index in [9.17, 15) is 0 Å². The van der Waals surface area contributed by atoms with E-state index in [-0.39, 0.29) is 6.10 Å². The predicted octanol–water partition coefficient (Wildman–Crippen LogP) is 1.63. The number of ether oxygens (including phenoxy) is 2. The molecule has 8 heteroatoms. The van der Waals surface area contributed by atoms with E-state index in [0.717, 1.165) is 16.3 Å². The van der Waals surface area contributed by atoms with Crippen LogP contribution in [-0.4, -0.2) is 41.4 Å². The van der Waals surface area contributed by atoms with Crippen molar-refractivity contribution in [2.75, 3.05) is 32.2 Å². The summed E-state index contributed by atoms with van der Waals surface area (Å²) in [4.78, 5) is 4.39. The molecule has 1 N–H and O–H groups in total. The molecule has 0 saturated carbocycles. The Bertz CT molecular complexity index is 562. The van der Waals surface area contributed by atoms with Gasteiger partial charge >= 0.3 is 0 Å². The Labute approximate surface area is 114 Å². The van der Waals surface area contributed by atoms with Gasteiger partial charge in [-0.2, -0.15) is 9.36 Å². The Morgan fingerprint density at radius 2 is 2.26 bits per heavy atom. The maximum Gasteiger partial charge on any atom is 0.262 e. The molecular weight excluding hydrogens is 268 g/mol. The van der Waals surface area contributed by atoms with Crippen LogP contribution < -0.4 is 5.32 Å². The first-order chi connectivity index (χ1) is 9.29. The second-order valence-electron chi connectivity index (χ2n) is 4.11. The Hall–Kier alpha value is -1.51. The van der Waals surface area contributed by atoms with Gasteiger partial charge in [0.15, 0.2) is 0 Å². The summed E-state index contributed by atoms with van der Waals surface area (Å²) in [5.74, 6) is 0.974. The number of aryl methyl sites for hydroxylation is 1. The molecule has 0 bridgehead atoms. The quantitative estimate of drug-likeness (QED) is 0.916. The van der Waals surface area contributed by atoms with Crippen molar-refractivity contribution >= 4 is 16.5 Å². The van der Waals surface area contributed by atoms with Crippen LogP contribution in [0, 0.1) is 6.92 Å². The Kier molecular flexibility index (Phi) is 3.45. The minimum absolute atomic E-state index is 0.254. The molecule has 0 radical (unpaired) electrons. The SMILES string of the molecule is CNc1snc(C)c1-c1nc(C2COCCO2)no1. The third kappa shape index (κ3) is 2.34. The highest BCUT2D eigenvalue weighted by Gasteiger charge is 2.25. The molecule has 1 atom stereocenters. The number of nitrogens with one attached hydrogen (secondary N) is 1. The fourth-order valence-electron chi connectivity index (χ4n) is 1.90. The minimum atomic E-state index is -0.254. The predicted molar refractivity (Wildman–Crippen MR) is 69.2 cm³/mol. The third-order valence-corrected chi connectivity index (χ3v) is 3.81. The van der Waals surface area contributed by atoms with E-state index < -0.39 is 0 Å². The highest BCUT2D eigenvalue weighted by molar-refractivity contribution is 7.10. The average Bonchev–Trinajstić information content (AvgIpc) is 3.05. The van der Waals surface area contributed by atoms with Gasteiger partial charge in [0, 0.05) is 7.05 Å². The molecule has 3 heterocycles. The first-order valence-electron chi connectivity index (χ1n) is 5.97. The lowest BCUT2D eigenvalue weighted by Gasteiger charge is -2.19. The van der Waals surface area contributed by atoms with Crippen molar-refractivity contribution < 1.29 is 14.0 Å². The van der Waals surface area contributed by atoms with E-state index in [1.165, 1.54) is 11.5 Å². The summed E-state index contributed by atoms with van der Waals surface area (Å²) in [6.07, 6.45) is -0.254. The number of hydrogen-bond donors (Lipinski definition) is 1.